The summed E-state index contributed by atoms with van der Waals surface area (Å²) < 4.78 is 24.4. The minimum atomic E-state index is -3.09. The van der Waals surface area contributed by atoms with Crippen molar-refractivity contribution in [2.45, 2.75) is 27.3 Å². The van der Waals surface area contributed by atoms with E-state index in [9.17, 15) is 13.2 Å². The fourth-order valence-corrected chi connectivity index (χ4v) is 2.78. The lowest BCUT2D eigenvalue weighted by Gasteiger charge is -2.09. The van der Waals surface area contributed by atoms with Gasteiger partial charge in [0, 0.05) is 12.3 Å². The number of benzene rings is 1. The van der Waals surface area contributed by atoms with E-state index >= 15 is 0 Å². The Balaban J connectivity index is 2.46. The lowest BCUT2D eigenvalue weighted by Crippen LogP contribution is -2.25. The molecule has 0 radical (unpaired) electrons. The molecule has 0 aliphatic heterocycles. The molecule has 6 heteroatoms. The summed E-state index contributed by atoms with van der Waals surface area (Å²) in [4.78, 5) is 16.6. The van der Waals surface area contributed by atoms with E-state index in [4.69, 9.17) is 0 Å². The Morgan fingerprint density at radius 1 is 1.25 bits per heavy atom. The van der Waals surface area contributed by atoms with Crippen LogP contribution in [0.1, 0.15) is 18.1 Å². The standard InChI is InChI=1S/C14H18N2O3S/c1-4-20(18,19)8-7-16-9-15-13-11(3)10(2)5-6-12(13)14(16)17/h5-6,9H,4,7-8H2,1-3H3. The molecule has 0 unspecified atom stereocenters. The van der Waals surface area contributed by atoms with Gasteiger partial charge in [-0.2, -0.15) is 0 Å². The molecule has 2 rings (SSSR count). The van der Waals surface area contributed by atoms with Crippen molar-refractivity contribution in [1.82, 2.24) is 9.55 Å². The Hall–Kier alpha value is -1.69. The lowest BCUT2D eigenvalue weighted by atomic mass is 10.1. The molecule has 2 aromatic rings. The predicted octanol–water partition coefficient (Wildman–Crippen LogP) is 1.45. The molecule has 0 aliphatic carbocycles. The van der Waals surface area contributed by atoms with Gasteiger partial charge >= 0.3 is 0 Å². The summed E-state index contributed by atoms with van der Waals surface area (Å²) in [5.74, 6) is 0.0441. The van der Waals surface area contributed by atoms with Crippen LogP contribution in [0.25, 0.3) is 10.9 Å². The minimum absolute atomic E-state index is 0.0402. The highest BCUT2D eigenvalue weighted by Gasteiger charge is 2.11. The number of nitrogens with zero attached hydrogens (tertiary/aromatic N) is 2. The molecular weight excluding hydrogens is 276 g/mol. The number of aromatic nitrogens is 2. The first-order valence-electron chi connectivity index (χ1n) is 6.51. The molecule has 0 fully saturated rings. The van der Waals surface area contributed by atoms with E-state index in [-0.39, 0.29) is 23.6 Å². The molecule has 0 bridgehead atoms. The zero-order valence-corrected chi connectivity index (χ0v) is 12.7. The van der Waals surface area contributed by atoms with Crippen LogP contribution in [0.2, 0.25) is 0 Å². The number of hydrogen-bond acceptors (Lipinski definition) is 4. The second kappa shape index (κ2) is 5.36. The largest absolute Gasteiger partial charge is 0.298 e. The van der Waals surface area contributed by atoms with Crippen molar-refractivity contribution in [3.63, 3.8) is 0 Å². The summed E-state index contributed by atoms with van der Waals surface area (Å²) in [5, 5.41) is 0.532. The van der Waals surface area contributed by atoms with E-state index in [1.54, 1.807) is 13.0 Å². The Bertz CT molecular complexity index is 807. The van der Waals surface area contributed by atoms with Crippen LogP contribution in [0.5, 0.6) is 0 Å². The molecule has 1 aromatic carbocycles. The Morgan fingerprint density at radius 3 is 2.60 bits per heavy atom. The third-order valence-corrected chi connectivity index (χ3v) is 5.29. The first kappa shape index (κ1) is 14.7. The van der Waals surface area contributed by atoms with Crippen LogP contribution < -0.4 is 5.56 Å². The third-order valence-electron chi connectivity index (χ3n) is 3.60. The molecule has 1 aromatic heterocycles. The van der Waals surface area contributed by atoms with Crippen LogP contribution in [0, 0.1) is 13.8 Å². The van der Waals surface area contributed by atoms with E-state index in [0.717, 1.165) is 11.1 Å². The molecule has 20 heavy (non-hydrogen) atoms. The van der Waals surface area contributed by atoms with Crippen molar-refractivity contribution in [2.24, 2.45) is 0 Å². The van der Waals surface area contributed by atoms with Crippen molar-refractivity contribution in [2.75, 3.05) is 11.5 Å². The molecule has 0 aliphatic rings. The van der Waals surface area contributed by atoms with Crippen LogP contribution in [0.4, 0.5) is 0 Å². The van der Waals surface area contributed by atoms with Gasteiger partial charge in [-0.15, -0.1) is 0 Å². The molecule has 0 spiro atoms. The van der Waals surface area contributed by atoms with Crippen molar-refractivity contribution in [1.29, 1.82) is 0 Å². The zero-order valence-electron chi connectivity index (χ0n) is 11.9. The van der Waals surface area contributed by atoms with Gasteiger partial charge in [0.05, 0.1) is 23.0 Å². The van der Waals surface area contributed by atoms with Gasteiger partial charge in [-0.1, -0.05) is 13.0 Å². The van der Waals surface area contributed by atoms with Gasteiger partial charge in [0.15, 0.2) is 9.84 Å². The van der Waals surface area contributed by atoms with Crippen molar-refractivity contribution in [3.05, 3.63) is 39.9 Å². The van der Waals surface area contributed by atoms with Crippen molar-refractivity contribution >= 4 is 20.7 Å². The average molecular weight is 294 g/mol. The topological polar surface area (TPSA) is 69.0 Å². The number of hydrogen-bond donors (Lipinski definition) is 0. The summed E-state index contributed by atoms with van der Waals surface area (Å²) in [6, 6.07) is 3.63. The summed E-state index contributed by atoms with van der Waals surface area (Å²) >= 11 is 0. The quantitative estimate of drug-likeness (QED) is 0.856. The Labute approximate surface area is 118 Å². The summed E-state index contributed by atoms with van der Waals surface area (Å²) in [5.41, 5.74) is 2.55. The number of aryl methyl sites for hydroxylation is 3. The maximum Gasteiger partial charge on any atom is 0.261 e. The smallest absolute Gasteiger partial charge is 0.261 e. The number of sulfone groups is 1. The van der Waals surface area contributed by atoms with Gasteiger partial charge in [0.25, 0.3) is 5.56 Å². The van der Waals surface area contributed by atoms with E-state index in [0.29, 0.717) is 10.9 Å². The van der Waals surface area contributed by atoms with Crippen LogP contribution in [-0.2, 0) is 16.4 Å². The molecule has 0 saturated heterocycles. The van der Waals surface area contributed by atoms with Gasteiger partial charge < -0.3 is 0 Å². The Morgan fingerprint density at radius 2 is 1.95 bits per heavy atom. The molecule has 0 N–H and O–H groups in total. The molecule has 0 saturated carbocycles. The zero-order chi connectivity index (χ0) is 14.9. The summed E-state index contributed by atoms with van der Waals surface area (Å²) in [6.07, 6.45) is 1.43. The number of fused-ring (bicyclic) bond motifs is 1. The van der Waals surface area contributed by atoms with Crippen LogP contribution >= 0.6 is 0 Å². The maximum absolute atomic E-state index is 12.3. The molecule has 5 nitrogen and oxygen atoms in total. The molecule has 1 heterocycles. The minimum Gasteiger partial charge on any atom is -0.298 e. The van der Waals surface area contributed by atoms with Crippen LogP contribution in [0.3, 0.4) is 0 Å². The molecular formula is C14H18N2O3S. The van der Waals surface area contributed by atoms with Gasteiger partial charge in [0.2, 0.25) is 0 Å². The first-order chi connectivity index (χ1) is 9.35. The van der Waals surface area contributed by atoms with E-state index < -0.39 is 9.84 Å². The van der Waals surface area contributed by atoms with E-state index in [1.165, 1.54) is 10.9 Å². The third kappa shape index (κ3) is 2.75. The summed E-state index contributed by atoms with van der Waals surface area (Å²) in [6.45, 7) is 5.64. The van der Waals surface area contributed by atoms with Crippen LogP contribution in [0.15, 0.2) is 23.3 Å². The van der Waals surface area contributed by atoms with Gasteiger partial charge in [-0.25, -0.2) is 13.4 Å². The highest BCUT2D eigenvalue weighted by molar-refractivity contribution is 7.91. The van der Waals surface area contributed by atoms with Crippen molar-refractivity contribution < 1.29 is 8.42 Å². The second-order valence-electron chi connectivity index (χ2n) is 4.88. The van der Waals surface area contributed by atoms with E-state index in [1.807, 2.05) is 19.9 Å². The highest BCUT2D eigenvalue weighted by Crippen LogP contribution is 2.16. The van der Waals surface area contributed by atoms with Crippen molar-refractivity contribution in [3.8, 4) is 0 Å². The predicted molar refractivity (Wildman–Crippen MR) is 79.8 cm³/mol. The summed E-state index contributed by atoms with van der Waals surface area (Å²) in [7, 11) is -3.09. The fourth-order valence-electron chi connectivity index (χ4n) is 2.02. The van der Waals surface area contributed by atoms with Crippen LogP contribution in [-0.4, -0.2) is 29.5 Å². The second-order valence-corrected chi connectivity index (χ2v) is 7.36. The van der Waals surface area contributed by atoms with E-state index in [2.05, 4.69) is 4.98 Å². The first-order valence-corrected chi connectivity index (χ1v) is 8.33. The number of rotatable bonds is 4. The fraction of sp³-hybridized carbons (Fsp3) is 0.429. The molecule has 0 atom stereocenters. The molecule has 108 valence electrons. The van der Waals surface area contributed by atoms with Gasteiger partial charge in [-0.05, 0) is 31.0 Å². The normalized spacial score (nSPS) is 11.9. The van der Waals surface area contributed by atoms with Gasteiger partial charge in [-0.3, -0.25) is 9.36 Å². The monoisotopic (exact) mass is 294 g/mol. The lowest BCUT2D eigenvalue weighted by molar-refractivity contribution is 0.588. The van der Waals surface area contributed by atoms with Gasteiger partial charge in [0.1, 0.15) is 0 Å². The highest BCUT2D eigenvalue weighted by atomic mass is 32.2. The maximum atomic E-state index is 12.3. The molecule has 0 amide bonds. The average Bonchev–Trinajstić information content (AvgIpc) is 2.42. The Kier molecular flexibility index (Phi) is 3.94. The SMILES string of the molecule is CCS(=O)(=O)CCn1cnc2c(C)c(C)ccc2c1=O.